The van der Waals surface area contributed by atoms with Gasteiger partial charge in [-0.2, -0.15) is 5.10 Å². The molecule has 2 amide bonds. The molecule has 0 aliphatic rings. The van der Waals surface area contributed by atoms with Crippen molar-refractivity contribution in [2.75, 3.05) is 32.0 Å². The fraction of sp³-hybridized carbons (Fsp3) is 0.148. The Morgan fingerprint density at radius 2 is 1.59 bits per heavy atom. The van der Waals surface area contributed by atoms with Gasteiger partial charge in [0.15, 0.2) is 11.5 Å². The number of nitrogens with zero attached hydrogens (tertiary/aromatic N) is 2. The van der Waals surface area contributed by atoms with Crippen molar-refractivity contribution in [2.24, 2.45) is 0 Å². The number of carbonyl (C=O) groups excluding carboxylic acids is 2. The molecule has 0 radical (unpaired) electrons. The number of benzene rings is 3. The van der Waals surface area contributed by atoms with E-state index in [0.29, 0.717) is 45.4 Å². The zero-order chi connectivity index (χ0) is 26.4. The third kappa shape index (κ3) is 6.04. The van der Waals surface area contributed by atoms with Crippen LogP contribution in [0.4, 0.5) is 15.8 Å². The molecule has 0 saturated carbocycles. The Bertz CT molecular complexity index is 1390. The quantitative estimate of drug-likeness (QED) is 0.349. The fourth-order valence-corrected chi connectivity index (χ4v) is 3.67. The molecule has 4 aromatic rings. The van der Waals surface area contributed by atoms with Crippen molar-refractivity contribution in [3.8, 4) is 22.9 Å². The number of methoxy groups -OCH3 is 3. The maximum Gasteiger partial charge on any atom is 0.255 e. The molecular formula is C27H25FN4O5. The van der Waals surface area contributed by atoms with Crippen LogP contribution >= 0.6 is 0 Å². The van der Waals surface area contributed by atoms with Crippen molar-refractivity contribution in [1.29, 1.82) is 0 Å². The highest BCUT2D eigenvalue weighted by molar-refractivity contribution is 6.05. The average Bonchev–Trinajstić information content (AvgIpc) is 3.37. The summed E-state index contributed by atoms with van der Waals surface area (Å²) in [6.45, 7) is 0. The summed E-state index contributed by atoms with van der Waals surface area (Å²) >= 11 is 0. The number of nitrogens with one attached hydrogen (secondary N) is 2. The lowest BCUT2D eigenvalue weighted by molar-refractivity contribution is -0.115. The lowest BCUT2D eigenvalue weighted by Crippen LogP contribution is -2.14. The van der Waals surface area contributed by atoms with Crippen molar-refractivity contribution in [3.63, 3.8) is 0 Å². The lowest BCUT2D eigenvalue weighted by atomic mass is 10.1. The third-order valence-corrected chi connectivity index (χ3v) is 5.44. The van der Waals surface area contributed by atoms with Gasteiger partial charge in [-0.3, -0.25) is 9.59 Å². The molecule has 1 aromatic heterocycles. The molecule has 37 heavy (non-hydrogen) atoms. The first-order valence-electron chi connectivity index (χ1n) is 11.2. The minimum absolute atomic E-state index is 0.0993. The molecule has 0 aliphatic carbocycles. The highest BCUT2D eigenvalue weighted by atomic mass is 19.1. The highest BCUT2D eigenvalue weighted by Crippen LogP contribution is 2.40. The third-order valence-electron chi connectivity index (χ3n) is 5.44. The lowest BCUT2D eigenvalue weighted by Gasteiger charge is -2.14. The smallest absolute Gasteiger partial charge is 0.255 e. The molecule has 0 fully saturated rings. The number of ether oxygens (including phenoxy) is 3. The Labute approximate surface area is 212 Å². The minimum atomic E-state index is -0.357. The van der Waals surface area contributed by atoms with Gasteiger partial charge in [0.2, 0.25) is 11.7 Å². The van der Waals surface area contributed by atoms with E-state index in [2.05, 4.69) is 15.7 Å². The first-order chi connectivity index (χ1) is 17.9. The Hall–Kier alpha value is -4.86. The SMILES string of the molecule is COc1cc(NC(=O)c2cccc(-n3cc(NC(=O)Cc4ccc(F)cc4)cn3)c2)cc(OC)c1OC. The van der Waals surface area contributed by atoms with Crippen LogP contribution in [0.25, 0.3) is 5.69 Å². The summed E-state index contributed by atoms with van der Waals surface area (Å²) in [5.74, 6) is 0.280. The number of rotatable bonds is 9. The van der Waals surface area contributed by atoms with Crippen LogP contribution < -0.4 is 24.8 Å². The van der Waals surface area contributed by atoms with E-state index >= 15 is 0 Å². The van der Waals surface area contributed by atoms with Crippen molar-refractivity contribution in [2.45, 2.75) is 6.42 Å². The van der Waals surface area contributed by atoms with E-state index in [1.165, 1.54) is 39.7 Å². The van der Waals surface area contributed by atoms with Gasteiger partial charge in [-0.1, -0.05) is 18.2 Å². The van der Waals surface area contributed by atoms with Crippen molar-refractivity contribution in [3.05, 3.63) is 90.0 Å². The molecule has 0 bridgehead atoms. The summed E-state index contributed by atoms with van der Waals surface area (Å²) in [5, 5.41) is 9.88. The molecule has 0 atom stereocenters. The van der Waals surface area contributed by atoms with Gasteiger partial charge in [0.25, 0.3) is 5.91 Å². The number of amides is 2. The Morgan fingerprint density at radius 3 is 2.24 bits per heavy atom. The first-order valence-corrected chi connectivity index (χ1v) is 11.2. The zero-order valence-corrected chi connectivity index (χ0v) is 20.4. The van der Waals surface area contributed by atoms with Gasteiger partial charge in [0.1, 0.15) is 5.82 Å². The normalized spacial score (nSPS) is 10.5. The number of aromatic nitrogens is 2. The predicted molar refractivity (Wildman–Crippen MR) is 136 cm³/mol. The van der Waals surface area contributed by atoms with E-state index < -0.39 is 0 Å². The number of hydrogen-bond acceptors (Lipinski definition) is 6. The molecular weight excluding hydrogens is 479 g/mol. The predicted octanol–water partition coefficient (Wildman–Crippen LogP) is 4.47. The molecule has 9 nitrogen and oxygen atoms in total. The van der Waals surface area contributed by atoms with Crippen LogP contribution in [-0.4, -0.2) is 42.9 Å². The molecule has 2 N–H and O–H groups in total. The van der Waals surface area contributed by atoms with E-state index in [9.17, 15) is 14.0 Å². The second-order valence-corrected chi connectivity index (χ2v) is 7.94. The zero-order valence-electron chi connectivity index (χ0n) is 20.4. The van der Waals surface area contributed by atoms with E-state index in [0.717, 1.165) is 0 Å². The standard InChI is InChI=1S/C27H25FN4O5/c1-35-23-13-20(14-24(36-2)26(23)37-3)31-27(34)18-5-4-6-22(12-18)32-16-21(15-29-32)30-25(33)11-17-7-9-19(28)10-8-17/h4-10,12-16H,11H2,1-3H3,(H,30,33)(H,31,34). The van der Waals surface area contributed by atoms with Crippen molar-refractivity contribution >= 4 is 23.2 Å². The maximum atomic E-state index is 13.1. The molecule has 190 valence electrons. The average molecular weight is 505 g/mol. The summed E-state index contributed by atoms with van der Waals surface area (Å²) in [7, 11) is 4.49. The summed E-state index contributed by atoms with van der Waals surface area (Å²) in [4.78, 5) is 25.3. The van der Waals surface area contributed by atoms with Gasteiger partial charge >= 0.3 is 0 Å². The molecule has 1 heterocycles. The van der Waals surface area contributed by atoms with Gasteiger partial charge in [-0.05, 0) is 35.9 Å². The van der Waals surface area contributed by atoms with Crippen molar-refractivity contribution < 1.29 is 28.2 Å². The van der Waals surface area contributed by atoms with Crippen LogP contribution in [0, 0.1) is 5.82 Å². The Morgan fingerprint density at radius 1 is 0.892 bits per heavy atom. The number of halogens is 1. The van der Waals surface area contributed by atoms with Crippen LogP contribution in [0.5, 0.6) is 17.2 Å². The van der Waals surface area contributed by atoms with Crippen LogP contribution in [0.2, 0.25) is 0 Å². The largest absolute Gasteiger partial charge is 0.493 e. The van der Waals surface area contributed by atoms with Gasteiger partial charge in [-0.15, -0.1) is 0 Å². The first kappa shape index (κ1) is 25.2. The van der Waals surface area contributed by atoms with Gasteiger partial charge in [0, 0.05) is 23.4 Å². The van der Waals surface area contributed by atoms with E-state index in [1.807, 2.05) is 0 Å². The Balaban J connectivity index is 1.46. The summed E-state index contributed by atoms with van der Waals surface area (Å²) in [6.07, 6.45) is 3.24. The fourth-order valence-electron chi connectivity index (χ4n) is 3.67. The van der Waals surface area contributed by atoms with Crippen LogP contribution in [0.3, 0.4) is 0 Å². The van der Waals surface area contributed by atoms with Gasteiger partial charge in [0.05, 0.1) is 51.5 Å². The second-order valence-electron chi connectivity index (χ2n) is 7.94. The summed E-state index contributed by atoms with van der Waals surface area (Å²) < 4.78 is 30.6. The molecule has 0 spiro atoms. The Kier molecular flexibility index (Phi) is 7.68. The molecule has 0 aliphatic heterocycles. The van der Waals surface area contributed by atoms with Gasteiger partial charge in [-0.25, -0.2) is 9.07 Å². The monoisotopic (exact) mass is 504 g/mol. The number of carbonyl (C=O) groups is 2. The van der Waals surface area contributed by atoms with Crippen LogP contribution in [0.1, 0.15) is 15.9 Å². The second kappa shape index (κ2) is 11.3. The molecule has 0 saturated heterocycles. The molecule has 4 rings (SSSR count). The summed E-state index contributed by atoms with van der Waals surface area (Å²) in [5.41, 5.74) is 2.66. The van der Waals surface area contributed by atoms with E-state index in [-0.39, 0.29) is 24.1 Å². The van der Waals surface area contributed by atoms with Crippen molar-refractivity contribution in [1.82, 2.24) is 9.78 Å². The highest BCUT2D eigenvalue weighted by Gasteiger charge is 2.16. The number of anilines is 2. The van der Waals surface area contributed by atoms with Crippen LogP contribution in [-0.2, 0) is 11.2 Å². The number of hydrogen-bond donors (Lipinski definition) is 2. The van der Waals surface area contributed by atoms with Gasteiger partial charge < -0.3 is 24.8 Å². The summed E-state index contributed by atoms with van der Waals surface area (Å²) in [6, 6.07) is 15.9. The minimum Gasteiger partial charge on any atom is -0.493 e. The van der Waals surface area contributed by atoms with E-state index in [1.54, 1.807) is 59.4 Å². The molecule has 0 unspecified atom stereocenters. The van der Waals surface area contributed by atoms with E-state index in [4.69, 9.17) is 14.2 Å². The maximum absolute atomic E-state index is 13.1. The van der Waals surface area contributed by atoms with Crippen LogP contribution in [0.15, 0.2) is 73.1 Å². The topological polar surface area (TPSA) is 104 Å². The molecule has 10 heteroatoms. The molecule has 3 aromatic carbocycles.